The molecule has 2 atom stereocenters. The third-order valence-corrected chi connectivity index (χ3v) is 6.18. The summed E-state index contributed by atoms with van der Waals surface area (Å²) >= 11 is 1.47. The zero-order valence-electron chi connectivity index (χ0n) is 18.4. The molecular weight excluding hydrogens is 380 g/mol. The van der Waals surface area contributed by atoms with Crippen molar-refractivity contribution >= 4 is 22.6 Å². The molecule has 0 unspecified atom stereocenters. The van der Waals surface area contributed by atoms with Crippen LogP contribution in [0.4, 0.5) is 5.13 Å². The average Bonchev–Trinajstić information content (AvgIpc) is 3.09. The van der Waals surface area contributed by atoms with Gasteiger partial charge in [0, 0.05) is 50.1 Å². The average molecular weight is 415 g/mol. The summed E-state index contributed by atoms with van der Waals surface area (Å²) < 4.78 is 4.55. The van der Waals surface area contributed by atoms with Crippen LogP contribution in [-0.2, 0) is 11.2 Å². The monoisotopic (exact) mass is 414 g/mol. The van der Waals surface area contributed by atoms with Crippen molar-refractivity contribution in [2.45, 2.75) is 59.9 Å². The van der Waals surface area contributed by atoms with Crippen molar-refractivity contribution < 1.29 is 4.79 Å². The molecule has 1 aliphatic rings. The highest BCUT2D eigenvalue weighted by atomic mass is 32.1. The third-order valence-electron chi connectivity index (χ3n) is 5.36. The van der Waals surface area contributed by atoms with Gasteiger partial charge in [-0.15, -0.1) is 0 Å². The lowest BCUT2D eigenvalue weighted by atomic mass is 9.84. The maximum Gasteiger partial charge on any atom is 0.223 e. The molecule has 1 fully saturated rings. The smallest absolute Gasteiger partial charge is 0.223 e. The Kier molecular flexibility index (Phi) is 6.93. The van der Waals surface area contributed by atoms with E-state index in [9.17, 15) is 4.79 Å². The van der Waals surface area contributed by atoms with E-state index in [4.69, 9.17) is 4.98 Å². The van der Waals surface area contributed by atoms with Crippen molar-refractivity contribution in [3.05, 3.63) is 41.7 Å². The molecule has 0 aliphatic carbocycles. The number of nitrogens with zero attached hydrogens (tertiary/aromatic N) is 4. The zero-order valence-corrected chi connectivity index (χ0v) is 19.2. The highest BCUT2D eigenvalue weighted by Gasteiger charge is 2.30. The molecule has 1 aromatic heterocycles. The fourth-order valence-corrected chi connectivity index (χ4v) is 4.98. The summed E-state index contributed by atoms with van der Waals surface area (Å²) in [6.07, 6.45) is 2.47. The van der Waals surface area contributed by atoms with E-state index in [-0.39, 0.29) is 17.4 Å². The Morgan fingerprint density at radius 3 is 2.62 bits per heavy atom. The number of carbonyl (C=O) groups excluding carboxylic acids is 1. The second-order valence-corrected chi connectivity index (χ2v) is 10.3. The van der Waals surface area contributed by atoms with E-state index in [0.717, 1.165) is 43.4 Å². The highest BCUT2D eigenvalue weighted by Crippen LogP contribution is 2.27. The Labute approximate surface area is 179 Å². The van der Waals surface area contributed by atoms with Gasteiger partial charge in [-0.25, -0.2) is 4.98 Å². The maximum atomic E-state index is 12.8. The molecule has 0 N–H and O–H groups in total. The molecule has 1 saturated heterocycles. The molecule has 2 heterocycles. The quantitative estimate of drug-likeness (QED) is 0.692. The summed E-state index contributed by atoms with van der Waals surface area (Å²) in [6, 6.07) is 10.5. The molecule has 6 heteroatoms. The predicted octanol–water partition coefficient (Wildman–Crippen LogP) is 4.63. The van der Waals surface area contributed by atoms with Crippen molar-refractivity contribution in [3.8, 4) is 0 Å². The first kappa shape index (κ1) is 21.8. The minimum atomic E-state index is 0.194. The van der Waals surface area contributed by atoms with Gasteiger partial charge < -0.3 is 9.80 Å². The molecule has 158 valence electrons. The van der Waals surface area contributed by atoms with Crippen LogP contribution in [-0.4, -0.2) is 45.8 Å². The van der Waals surface area contributed by atoms with E-state index in [0.29, 0.717) is 12.3 Å². The first-order valence-electron chi connectivity index (χ1n) is 10.6. The largest absolute Gasteiger partial charge is 0.343 e. The summed E-state index contributed by atoms with van der Waals surface area (Å²) in [5, 5.41) is 0.969. The normalized spacial score (nSPS) is 18.7. The van der Waals surface area contributed by atoms with Crippen LogP contribution in [0, 0.1) is 11.3 Å². The minimum absolute atomic E-state index is 0.194. The minimum Gasteiger partial charge on any atom is -0.343 e. The van der Waals surface area contributed by atoms with E-state index >= 15 is 0 Å². The Hall–Kier alpha value is -1.95. The molecule has 2 aromatic rings. The van der Waals surface area contributed by atoms with Gasteiger partial charge in [0.05, 0.1) is 0 Å². The van der Waals surface area contributed by atoms with Crippen molar-refractivity contribution in [3.63, 3.8) is 0 Å². The molecular formula is C23H34N4OS. The topological polar surface area (TPSA) is 49.3 Å². The van der Waals surface area contributed by atoms with Crippen LogP contribution in [0.3, 0.4) is 0 Å². The van der Waals surface area contributed by atoms with Gasteiger partial charge in [0.2, 0.25) is 11.0 Å². The number of benzene rings is 1. The molecule has 29 heavy (non-hydrogen) atoms. The van der Waals surface area contributed by atoms with Gasteiger partial charge >= 0.3 is 0 Å². The summed E-state index contributed by atoms with van der Waals surface area (Å²) in [7, 11) is 0. The standard InChI is InChI=1S/C23H34N4OS/c1-17(15-23(3,4)5)13-21(28)27-12-11-26(16-18(27)2)22-24-20(25-29-22)14-19-9-7-6-8-10-19/h6-10,17-18H,11-16H2,1-5H3/t17-,18+/m1/s1. The second-order valence-electron chi connectivity index (χ2n) is 9.61. The fraction of sp³-hybridized carbons (Fsp3) is 0.609. The Bertz CT molecular complexity index is 799. The molecule has 0 saturated carbocycles. The highest BCUT2D eigenvalue weighted by molar-refractivity contribution is 7.09. The molecule has 1 aliphatic heterocycles. The van der Waals surface area contributed by atoms with Crippen LogP contribution in [0.5, 0.6) is 0 Å². The van der Waals surface area contributed by atoms with Gasteiger partial charge in [0.1, 0.15) is 5.82 Å². The fourth-order valence-electron chi connectivity index (χ4n) is 4.26. The van der Waals surface area contributed by atoms with Gasteiger partial charge in [0.25, 0.3) is 0 Å². The summed E-state index contributed by atoms with van der Waals surface area (Å²) in [6.45, 7) is 13.5. The van der Waals surface area contributed by atoms with E-state index in [1.165, 1.54) is 17.1 Å². The number of rotatable bonds is 6. The number of anilines is 1. The third kappa shape index (κ3) is 6.26. The van der Waals surface area contributed by atoms with Crippen molar-refractivity contribution in [1.29, 1.82) is 0 Å². The Balaban J connectivity index is 1.54. The number of piperazine rings is 1. The summed E-state index contributed by atoms with van der Waals surface area (Å²) in [5.74, 6) is 1.57. The van der Waals surface area contributed by atoms with E-state index < -0.39 is 0 Å². The van der Waals surface area contributed by atoms with Crippen LogP contribution in [0.1, 0.15) is 58.8 Å². The Morgan fingerprint density at radius 1 is 1.24 bits per heavy atom. The molecule has 0 spiro atoms. The SMILES string of the molecule is C[C@H](CC(=O)N1CCN(c2nc(Cc3ccccc3)ns2)C[C@@H]1C)CC(C)(C)C. The zero-order chi connectivity index (χ0) is 21.0. The molecule has 0 radical (unpaired) electrons. The van der Waals surface area contributed by atoms with Crippen LogP contribution in [0.2, 0.25) is 0 Å². The van der Waals surface area contributed by atoms with E-state index in [2.05, 4.69) is 60.9 Å². The summed E-state index contributed by atoms with van der Waals surface area (Å²) in [5.41, 5.74) is 1.49. The lowest BCUT2D eigenvalue weighted by molar-refractivity contribution is -0.134. The van der Waals surface area contributed by atoms with Crippen LogP contribution in [0.25, 0.3) is 0 Å². The van der Waals surface area contributed by atoms with Gasteiger partial charge in [-0.05, 0) is 30.2 Å². The maximum absolute atomic E-state index is 12.8. The lowest BCUT2D eigenvalue weighted by Gasteiger charge is -2.40. The first-order chi connectivity index (χ1) is 13.7. The lowest BCUT2D eigenvalue weighted by Crippen LogP contribution is -2.54. The molecule has 5 nitrogen and oxygen atoms in total. The van der Waals surface area contributed by atoms with Crippen LogP contribution in [0.15, 0.2) is 30.3 Å². The van der Waals surface area contributed by atoms with Crippen molar-refractivity contribution in [1.82, 2.24) is 14.3 Å². The number of carbonyl (C=O) groups is 1. The van der Waals surface area contributed by atoms with Crippen LogP contribution >= 0.6 is 11.5 Å². The van der Waals surface area contributed by atoms with Gasteiger partial charge in [-0.1, -0.05) is 58.0 Å². The van der Waals surface area contributed by atoms with Gasteiger partial charge in [-0.2, -0.15) is 4.37 Å². The predicted molar refractivity (Wildman–Crippen MR) is 120 cm³/mol. The van der Waals surface area contributed by atoms with E-state index in [1.54, 1.807) is 0 Å². The van der Waals surface area contributed by atoms with Gasteiger partial charge in [-0.3, -0.25) is 4.79 Å². The van der Waals surface area contributed by atoms with Crippen molar-refractivity contribution in [2.24, 2.45) is 11.3 Å². The van der Waals surface area contributed by atoms with Crippen LogP contribution < -0.4 is 4.90 Å². The van der Waals surface area contributed by atoms with E-state index in [1.807, 2.05) is 18.2 Å². The molecule has 0 bridgehead atoms. The summed E-state index contributed by atoms with van der Waals surface area (Å²) in [4.78, 5) is 21.9. The Morgan fingerprint density at radius 2 is 1.97 bits per heavy atom. The first-order valence-corrected chi connectivity index (χ1v) is 11.4. The number of aromatic nitrogens is 2. The van der Waals surface area contributed by atoms with Gasteiger partial charge in [0.15, 0.2) is 0 Å². The van der Waals surface area contributed by atoms with Crippen molar-refractivity contribution in [2.75, 3.05) is 24.5 Å². The molecule has 1 amide bonds. The molecule has 3 rings (SSSR count). The number of amides is 1. The number of hydrogen-bond acceptors (Lipinski definition) is 5. The number of hydrogen-bond donors (Lipinski definition) is 0. The second kappa shape index (κ2) is 9.24. The molecule has 1 aromatic carbocycles.